The average molecular weight is 396 g/mol. The van der Waals surface area contributed by atoms with Crippen molar-refractivity contribution in [2.24, 2.45) is 0 Å². The van der Waals surface area contributed by atoms with Crippen LogP contribution in [0.5, 0.6) is 0 Å². The summed E-state index contributed by atoms with van der Waals surface area (Å²) in [6.07, 6.45) is -5.47. The minimum Gasteiger partial charge on any atom is -0.550 e. The third kappa shape index (κ3) is 17.4. The van der Waals surface area contributed by atoms with Crippen LogP contribution in [0.1, 0.15) is 6.42 Å². The summed E-state index contributed by atoms with van der Waals surface area (Å²) in [6, 6.07) is 0. The Morgan fingerprint density at radius 2 is 1.37 bits per heavy atom. The van der Waals surface area contributed by atoms with Crippen molar-refractivity contribution in [3.05, 3.63) is 0 Å². The molecule has 0 rings (SSSR count). The first-order chi connectivity index (χ1) is 12.0. The van der Waals surface area contributed by atoms with Gasteiger partial charge >= 0.3 is 5.97 Å². The summed E-state index contributed by atoms with van der Waals surface area (Å²) in [7, 11) is 11.3. The van der Waals surface area contributed by atoms with E-state index in [1.807, 2.05) is 42.3 Å². The van der Waals surface area contributed by atoms with E-state index in [4.69, 9.17) is 15.3 Å². The number of rotatable bonds is 10. The van der Waals surface area contributed by atoms with E-state index in [-0.39, 0.29) is 13.0 Å². The minimum absolute atomic E-state index is 0.0269. The number of nitrogens with zero attached hydrogens (tertiary/aromatic N) is 2. The van der Waals surface area contributed by atoms with E-state index >= 15 is 0 Å². The summed E-state index contributed by atoms with van der Waals surface area (Å²) in [5, 5.41) is 47.1. The van der Waals surface area contributed by atoms with E-state index in [0.29, 0.717) is 22.1 Å². The van der Waals surface area contributed by atoms with Crippen LogP contribution in [0.15, 0.2) is 0 Å². The molecule has 11 nitrogen and oxygen atoms in total. The molecule has 0 aliphatic rings. The molecule has 0 amide bonds. The second kappa shape index (κ2) is 11.8. The molecule has 3 N–H and O–H groups in total. The second-order valence-electron chi connectivity index (χ2n) is 8.09. The number of aliphatic hydroxyl groups is 3. The zero-order chi connectivity index (χ0) is 22.0. The number of hydrogen-bond donors (Lipinski definition) is 3. The maximum absolute atomic E-state index is 11.0. The van der Waals surface area contributed by atoms with Gasteiger partial charge in [0.2, 0.25) is 0 Å². The summed E-state index contributed by atoms with van der Waals surface area (Å²) in [4.78, 5) is 31.2. The monoisotopic (exact) mass is 396 g/mol. The Balaban J connectivity index is 0. The zero-order valence-electron chi connectivity index (χ0n) is 16.7. The molecule has 27 heavy (non-hydrogen) atoms. The normalized spacial score (nSPS) is 15.0. The van der Waals surface area contributed by atoms with Crippen LogP contribution in [0, 0.1) is 0 Å². The lowest BCUT2D eigenvalue weighted by molar-refractivity contribution is -0.873. The van der Waals surface area contributed by atoms with Gasteiger partial charge in [-0.3, -0.25) is 0 Å². The Kier molecular flexibility index (Phi) is 12.0. The molecular weight excluding hydrogens is 364 g/mol. The van der Waals surface area contributed by atoms with E-state index in [2.05, 4.69) is 4.74 Å². The zero-order valence-corrected chi connectivity index (χ0v) is 16.7. The molecule has 0 saturated carbocycles. The average Bonchev–Trinajstić information content (AvgIpc) is 2.41. The van der Waals surface area contributed by atoms with Crippen LogP contribution in [0.25, 0.3) is 0 Å². The molecule has 0 spiro atoms. The maximum atomic E-state index is 11.0. The van der Waals surface area contributed by atoms with Gasteiger partial charge in [-0.25, -0.2) is 4.79 Å². The van der Waals surface area contributed by atoms with E-state index in [0.717, 1.165) is 0 Å². The quantitative estimate of drug-likeness (QED) is 0.242. The van der Waals surface area contributed by atoms with Gasteiger partial charge in [-0.1, -0.05) is 0 Å². The third-order valence-electron chi connectivity index (χ3n) is 2.95. The molecule has 0 aromatic heterocycles. The molecule has 0 aromatic carbocycles. The Labute approximate surface area is 159 Å². The lowest BCUT2D eigenvalue weighted by Crippen LogP contribution is -2.48. The largest absolute Gasteiger partial charge is 0.550 e. The van der Waals surface area contributed by atoms with Gasteiger partial charge in [0.15, 0.2) is 6.10 Å². The van der Waals surface area contributed by atoms with Crippen LogP contribution in [-0.4, -0.2) is 122 Å². The fourth-order valence-corrected chi connectivity index (χ4v) is 1.65. The first-order valence-corrected chi connectivity index (χ1v) is 8.18. The van der Waals surface area contributed by atoms with Gasteiger partial charge in [0, 0.05) is 12.4 Å². The first kappa shape index (κ1) is 27.4. The lowest BCUT2D eigenvalue weighted by atomic mass is 10.2. The topological polar surface area (TPSA) is 167 Å². The number of hydrogen-bond acceptors (Lipinski definition) is 9. The van der Waals surface area contributed by atoms with Crippen molar-refractivity contribution in [3.63, 3.8) is 0 Å². The predicted molar refractivity (Wildman–Crippen MR) is 89.4 cm³/mol. The Morgan fingerprint density at radius 1 is 0.889 bits per heavy atom. The van der Waals surface area contributed by atoms with Crippen LogP contribution >= 0.6 is 0 Å². The van der Waals surface area contributed by atoms with Crippen LogP contribution in [0.3, 0.4) is 0 Å². The fourth-order valence-electron chi connectivity index (χ4n) is 1.65. The Hall–Kier alpha value is -1.79. The summed E-state index contributed by atoms with van der Waals surface area (Å²) < 4.78 is 5.69. The molecule has 0 aliphatic carbocycles. The van der Waals surface area contributed by atoms with E-state index in [1.165, 1.54) is 0 Å². The molecule has 0 aromatic rings. The summed E-state index contributed by atoms with van der Waals surface area (Å²) in [5.74, 6) is -4.30. The van der Waals surface area contributed by atoms with Gasteiger partial charge in [-0.2, -0.15) is 0 Å². The van der Waals surface area contributed by atoms with Gasteiger partial charge in [0.25, 0.3) is 0 Å². The highest BCUT2D eigenvalue weighted by molar-refractivity contribution is 5.83. The number of ether oxygens (including phenoxy) is 1. The number of carboxylic acids is 2. The summed E-state index contributed by atoms with van der Waals surface area (Å²) in [6.45, 7) is 0.951. The van der Waals surface area contributed by atoms with Gasteiger partial charge < -0.3 is 48.8 Å². The molecule has 160 valence electrons. The molecule has 11 heteroatoms. The summed E-state index contributed by atoms with van der Waals surface area (Å²) in [5.41, 5.74) is 0. The molecule has 0 radical (unpaired) electrons. The molecule has 0 fully saturated rings. The van der Waals surface area contributed by atoms with Gasteiger partial charge in [-0.15, -0.1) is 0 Å². The molecular formula is C16H32N2O9. The van der Waals surface area contributed by atoms with Crippen LogP contribution in [-0.2, 0) is 19.1 Å². The number of aliphatic carboxylic acids is 2. The predicted octanol–water partition coefficient (Wildman–Crippen LogP) is -5.10. The number of quaternary nitrogens is 2. The fraction of sp³-hybridized carbons (Fsp3) is 0.812. The van der Waals surface area contributed by atoms with Crippen molar-refractivity contribution in [2.45, 2.75) is 24.7 Å². The molecule has 0 saturated heterocycles. The van der Waals surface area contributed by atoms with Crippen LogP contribution < -0.4 is 10.2 Å². The maximum Gasteiger partial charge on any atom is 0.338 e. The van der Waals surface area contributed by atoms with E-state index in [1.54, 1.807) is 0 Å². The third-order valence-corrected chi connectivity index (χ3v) is 2.95. The highest BCUT2D eigenvalue weighted by atomic mass is 16.6. The highest BCUT2D eigenvalue weighted by Crippen LogP contribution is 1.98. The van der Waals surface area contributed by atoms with Gasteiger partial charge in [0.05, 0.1) is 48.3 Å². The number of carbonyl (C=O) groups excluding carboxylic acids is 3. The molecule has 0 heterocycles. The smallest absolute Gasteiger partial charge is 0.338 e. The molecule has 3 atom stereocenters. The van der Waals surface area contributed by atoms with Crippen molar-refractivity contribution in [1.82, 2.24) is 0 Å². The Bertz CT molecular complexity index is 483. The number of aliphatic hydroxyl groups excluding tert-OH is 3. The van der Waals surface area contributed by atoms with Gasteiger partial charge in [-0.05, 0) is 0 Å². The van der Waals surface area contributed by atoms with E-state index in [9.17, 15) is 24.6 Å². The number of carbonyl (C=O) groups is 3. The molecule has 0 aliphatic heterocycles. The first-order valence-electron chi connectivity index (χ1n) is 8.18. The van der Waals surface area contributed by atoms with Crippen LogP contribution in [0.2, 0.25) is 0 Å². The number of esters is 1. The molecule has 0 bridgehead atoms. The highest BCUT2D eigenvalue weighted by Gasteiger charge is 2.27. The van der Waals surface area contributed by atoms with E-state index < -0.39 is 36.2 Å². The molecule has 2 unspecified atom stereocenters. The number of likely N-dealkylation sites (N-methyl/N-ethyl adjacent to an activating group) is 2. The summed E-state index contributed by atoms with van der Waals surface area (Å²) >= 11 is 0. The SMILES string of the molecule is C[N+](C)(C)CCOC(=O)C(O)C(O)C(=O)[O-].C[N+](C)(C)C[C@H](O)CC(=O)[O-]. The van der Waals surface area contributed by atoms with Gasteiger partial charge in [0.1, 0.15) is 31.9 Å². The van der Waals surface area contributed by atoms with Crippen molar-refractivity contribution < 1.29 is 53.6 Å². The van der Waals surface area contributed by atoms with Crippen molar-refractivity contribution in [3.8, 4) is 0 Å². The Morgan fingerprint density at radius 3 is 1.70 bits per heavy atom. The minimum atomic E-state index is -2.27. The van der Waals surface area contributed by atoms with Crippen molar-refractivity contribution >= 4 is 17.9 Å². The second-order valence-corrected chi connectivity index (χ2v) is 8.09. The van der Waals surface area contributed by atoms with Crippen molar-refractivity contribution in [2.75, 3.05) is 62.0 Å². The van der Waals surface area contributed by atoms with Crippen molar-refractivity contribution in [1.29, 1.82) is 0 Å². The van der Waals surface area contributed by atoms with Crippen LogP contribution in [0.4, 0.5) is 0 Å². The lowest BCUT2D eigenvalue weighted by Gasteiger charge is -2.26. The number of carboxylic acid groups (broad SMARTS) is 2. The standard InChI is InChI=1S/C9H17NO6.C7H15NO3/c1-10(2,3)4-5-16-9(15)7(12)6(11)8(13)14;1-8(2,3)5-6(9)4-7(10)11/h6-7,11-12H,4-5H2,1-3H3;6,9H,4-5H2,1-3H3/t;6-/m.1/s1.